The molecule has 1 aromatic rings. The Morgan fingerprint density at radius 1 is 1.33 bits per heavy atom. The third-order valence-electron chi connectivity index (χ3n) is 4.42. The van der Waals surface area contributed by atoms with Crippen LogP contribution in [-0.4, -0.2) is 44.1 Å². The SMILES string of the molecule is CNC1CCN(C(=O)CC(C)c2ccc(OC)cc2)CC1. The van der Waals surface area contributed by atoms with E-state index in [1.165, 1.54) is 5.56 Å². The van der Waals surface area contributed by atoms with Crippen LogP contribution in [0.1, 0.15) is 37.7 Å². The number of benzene rings is 1. The number of likely N-dealkylation sites (tertiary alicyclic amines) is 1. The number of ether oxygens (including phenoxy) is 1. The van der Waals surface area contributed by atoms with Gasteiger partial charge in [-0.2, -0.15) is 0 Å². The fraction of sp³-hybridized carbons (Fsp3) is 0.588. The van der Waals surface area contributed by atoms with Crippen molar-refractivity contribution in [2.75, 3.05) is 27.2 Å². The molecule has 1 amide bonds. The summed E-state index contributed by atoms with van der Waals surface area (Å²) >= 11 is 0. The van der Waals surface area contributed by atoms with Gasteiger partial charge < -0.3 is 15.0 Å². The summed E-state index contributed by atoms with van der Waals surface area (Å²) in [7, 11) is 3.66. The molecule has 4 heteroatoms. The van der Waals surface area contributed by atoms with Crippen molar-refractivity contribution in [3.05, 3.63) is 29.8 Å². The fourth-order valence-electron chi connectivity index (χ4n) is 2.86. The van der Waals surface area contributed by atoms with E-state index in [-0.39, 0.29) is 11.8 Å². The van der Waals surface area contributed by atoms with Gasteiger partial charge in [-0.15, -0.1) is 0 Å². The van der Waals surface area contributed by atoms with Gasteiger partial charge in [0.15, 0.2) is 0 Å². The largest absolute Gasteiger partial charge is 0.497 e. The molecule has 1 atom stereocenters. The number of hydrogen-bond acceptors (Lipinski definition) is 3. The molecule has 0 radical (unpaired) electrons. The second-order valence-electron chi connectivity index (χ2n) is 5.82. The van der Waals surface area contributed by atoms with E-state index in [4.69, 9.17) is 4.74 Å². The third-order valence-corrected chi connectivity index (χ3v) is 4.42. The number of hydrogen-bond donors (Lipinski definition) is 1. The van der Waals surface area contributed by atoms with Gasteiger partial charge >= 0.3 is 0 Å². The lowest BCUT2D eigenvalue weighted by Crippen LogP contribution is -2.44. The fourth-order valence-corrected chi connectivity index (χ4v) is 2.86. The Bertz CT molecular complexity index is 450. The van der Waals surface area contributed by atoms with Gasteiger partial charge in [0.05, 0.1) is 7.11 Å². The highest BCUT2D eigenvalue weighted by Crippen LogP contribution is 2.23. The number of nitrogens with one attached hydrogen (secondary N) is 1. The maximum Gasteiger partial charge on any atom is 0.223 e. The van der Waals surface area contributed by atoms with E-state index in [2.05, 4.69) is 12.2 Å². The molecule has 0 spiro atoms. The summed E-state index contributed by atoms with van der Waals surface area (Å²) in [4.78, 5) is 14.4. The highest BCUT2D eigenvalue weighted by Gasteiger charge is 2.23. The number of carbonyl (C=O) groups excluding carboxylic acids is 1. The van der Waals surface area contributed by atoms with E-state index < -0.39 is 0 Å². The molecule has 1 unspecified atom stereocenters. The minimum atomic E-state index is 0.241. The Labute approximate surface area is 127 Å². The second kappa shape index (κ2) is 7.46. The monoisotopic (exact) mass is 290 g/mol. The van der Waals surface area contributed by atoms with Crippen LogP contribution in [0.3, 0.4) is 0 Å². The summed E-state index contributed by atoms with van der Waals surface area (Å²) in [5.41, 5.74) is 1.19. The zero-order valence-corrected chi connectivity index (χ0v) is 13.3. The number of rotatable bonds is 5. The zero-order chi connectivity index (χ0) is 15.2. The molecule has 4 nitrogen and oxygen atoms in total. The average Bonchev–Trinajstić information content (AvgIpc) is 2.55. The average molecular weight is 290 g/mol. The highest BCUT2D eigenvalue weighted by molar-refractivity contribution is 5.77. The van der Waals surface area contributed by atoms with E-state index >= 15 is 0 Å². The van der Waals surface area contributed by atoms with Gasteiger partial charge in [-0.05, 0) is 43.5 Å². The van der Waals surface area contributed by atoms with Crippen LogP contribution in [0.2, 0.25) is 0 Å². The topological polar surface area (TPSA) is 41.6 Å². The summed E-state index contributed by atoms with van der Waals surface area (Å²) in [6, 6.07) is 8.56. The molecule has 2 rings (SSSR count). The van der Waals surface area contributed by atoms with Crippen molar-refractivity contribution in [1.29, 1.82) is 0 Å². The van der Waals surface area contributed by atoms with Crippen LogP contribution >= 0.6 is 0 Å². The molecular weight excluding hydrogens is 264 g/mol. The molecule has 1 heterocycles. The zero-order valence-electron chi connectivity index (χ0n) is 13.3. The lowest BCUT2D eigenvalue weighted by molar-refractivity contribution is -0.132. The van der Waals surface area contributed by atoms with Crippen molar-refractivity contribution in [2.24, 2.45) is 0 Å². The molecule has 1 aliphatic rings. The maximum absolute atomic E-state index is 12.4. The number of nitrogens with zero attached hydrogens (tertiary/aromatic N) is 1. The van der Waals surface area contributed by atoms with Gasteiger partial charge in [-0.25, -0.2) is 0 Å². The van der Waals surface area contributed by atoms with E-state index in [1.54, 1.807) is 7.11 Å². The molecule has 0 aromatic heterocycles. The van der Waals surface area contributed by atoms with Gasteiger partial charge in [-0.1, -0.05) is 19.1 Å². The molecule has 21 heavy (non-hydrogen) atoms. The van der Waals surface area contributed by atoms with Crippen LogP contribution in [-0.2, 0) is 4.79 Å². The van der Waals surface area contributed by atoms with E-state index in [1.807, 2.05) is 36.2 Å². The van der Waals surface area contributed by atoms with Crippen molar-refractivity contribution >= 4 is 5.91 Å². The normalized spacial score (nSPS) is 17.6. The molecular formula is C17H26N2O2. The Hall–Kier alpha value is -1.55. The van der Waals surface area contributed by atoms with Crippen LogP contribution in [0, 0.1) is 0 Å². The minimum Gasteiger partial charge on any atom is -0.497 e. The van der Waals surface area contributed by atoms with Crippen molar-refractivity contribution < 1.29 is 9.53 Å². The molecule has 116 valence electrons. The summed E-state index contributed by atoms with van der Waals surface area (Å²) in [6.45, 7) is 3.86. The quantitative estimate of drug-likeness (QED) is 0.905. The molecule has 0 bridgehead atoms. The lowest BCUT2D eigenvalue weighted by atomic mass is 9.96. The van der Waals surface area contributed by atoms with E-state index in [0.29, 0.717) is 12.5 Å². The molecule has 1 saturated heterocycles. The first-order valence-corrected chi connectivity index (χ1v) is 7.73. The van der Waals surface area contributed by atoms with Crippen molar-refractivity contribution in [3.63, 3.8) is 0 Å². The first kappa shape index (κ1) is 15.8. The molecule has 1 N–H and O–H groups in total. The number of carbonyl (C=O) groups is 1. The lowest BCUT2D eigenvalue weighted by Gasteiger charge is -2.32. The first-order valence-electron chi connectivity index (χ1n) is 7.73. The van der Waals surface area contributed by atoms with Crippen LogP contribution in [0.25, 0.3) is 0 Å². The van der Waals surface area contributed by atoms with Crippen molar-refractivity contribution in [1.82, 2.24) is 10.2 Å². The molecule has 0 aliphatic carbocycles. The molecule has 1 aromatic carbocycles. The summed E-state index contributed by atoms with van der Waals surface area (Å²) in [5, 5.41) is 3.29. The Morgan fingerprint density at radius 2 is 1.95 bits per heavy atom. The standard InChI is InChI=1S/C17H26N2O2/c1-13(14-4-6-16(21-3)7-5-14)12-17(20)19-10-8-15(18-2)9-11-19/h4-7,13,15,18H,8-12H2,1-3H3. The van der Waals surface area contributed by atoms with Crippen LogP contribution in [0.4, 0.5) is 0 Å². The predicted octanol–water partition coefficient (Wildman–Crippen LogP) is 2.40. The maximum atomic E-state index is 12.4. The predicted molar refractivity (Wildman–Crippen MR) is 84.7 cm³/mol. The van der Waals surface area contributed by atoms with Gasteiger partial charge in [0.1, 0.15) is 5.75 Å². The first-order chi connectivity index (χ1) is 10.1. The second-order valence-corrected chi connectivity index (χ2v) is 5.82. The molecule has 1 fully saturated rings. The number of amides is 1. The molecule has 1 aliphatic heterocycles. The van der Waals surface area contributed by atoms with E-state index in [0.717, 1.165) is 31.7 Å². The molecule has 0 saturated carbocycles. The highest BCUT2D eigenvalue weighted by atomic mass is 16.5. The smallest absolute Gasteiger partial charge is 0.223 e. The Kier molecular flexibility index (Phi) is 5.62. The summed E-state index contributed by atoms with van der Waals surface area (Å²) in [6.07, 6.45) is 2.69. The van der Waals surface area contributed by atoms with Gasteiger partial charge in [0.2, 0.25) is 5.91 Å². The van der Waals surface area contributed by atoms with Gasteiger partial charge in [-0.3, -0.25) is 4.79 Å². The summed E-state index contributed by atoms with van der Waals surface area (Å²) in [5.74, 6) is 1.37. The van der Waals surface area contributed by atoms with Gasteiger partial charge in [0.25, 0.3) is 0 Å². The summed E-state index contributed by atoms with van der Waals surface area (Å²) < 4.78 is 5.16. The van der Waals surface area contributed by atoms with Crippen molar-refractivity contribution in [3.8, 4) is 5.75 Å². The Morgan fingerprint density at radius 3 is 2.48 bits per heavy atom. The number of piperidine rings is 1. The van der Waals surface area contributed by atoms with Gasteiger partial charge in [0, 0.05) is 25.6 Å². The minimum absolute atomic E-state index is 0.241. The number of methoxy groups -OCH3 is 1. The van der Waals surface area contributed by atoms with Crippen LogP contribution < -0.4 is 10.1 Å². The third kappa shape index (κ3) is 4.21. The van der Waals surface area contributed by atoms with Crippen LogP contribution in [0.15, 0.2) is 24.3 Å². The van der Waals surface area contributed by atoms with Crippen molar-refractivity contribution in [2.45, 2.75) is 38.1 Å². The Balaban J connectivity index is 1.86. The van der Waals surface area contributed by atoms with E-state index in [9.17, 15) is 4.79 Å². The van der Waals surface area contributed by atoms with Crippen LogP contribution in [0.5, 0.6) is 5.75 Å².